The van der Waals surface area contributed by atoms with Crippen LogP contribution in [0.15, 0.2) is 41.0 Å². The number of alkyl halides is 3. The highest BCUT2D eigenvalue weighted by Crippen LogP contribution is 2.29. The summed E-state index contributed by atoms with van der Waals surface area (Å²) in [6, 6.07) is 7.13. The van der Waals surface area contributed by atoms with Crippen LogP contribution in [0.5, 0.6) is 0 Å². The largest absolute Gasteiger partial charge is 0.417 e. The van der Waals surface area contributed by atoms with Crippen LogP contribution in [0.2, 0.25) is 5.02 Å². The van der Waals surface area contributed by atoms with Gasteiger partial charge in [0.25, 0.3) is 0 Å². The van der Waals surface area contributed by atoms with Crippen LogP contribution in [0, 0.1) is 0 Å². The number of pyridine rings is 1. The second-order valence-electron chi connectivity index (χ2n) is 4.52. The van der Waals surface area contributed by atoms with Crippen molar-refractivity contribution in [2.24, 2.45) is 5.73 Å². The van der Waals surface area contributed by atoms with E-state index >= 15 is 0 Å². The van der Waals surface area contributed by atoms with E-state index in [1.807, 2.05) is 12.1 Å². The second-order valence-corrected chi connectivity index (χ2v) is 5.84. The summed E-state index contributed by atoms with van der Waals surface area (Å²) in [7, 11) is 0. The molecule has 0 fully saturated rings. The van der Waals surface area contributed by atoms with Crippen LogP contribution in [-0.4, -0.2) is 4.98 Å². The van der Waals surface area contributed by atoms with E-state index in [9.17, 15) is 13.2 Å². The third-order valence-corrected chi connectivity index (χ3v) is 3.79. The fraction of sp³-hybridized carbons (Fsp3) is 0.214. The van der Waals surface area contributed by atoms with Crippen LogP contribution >= 0.6 is 27.5 Å². The van der Waals surface area contributed by atoms with E-state index in [0.717, 1.165) is 22.3 Å². The fourth-order valence-electron chi connectivity index (χ4n) is 1.82. The lowest BCUT2D eigenvalue weighted by atomic mass is 10.0. The monoisotopic (exact) mass is 378 g/mol. The quantitative estimate of drug-likeness (QED) is 0.835. The van der Waals surface area contributed by atoms with Gasteiger partial charge in [-0.05, 0) is 36.2 Å². The average Bonchev–Trinajstić information content (AvgIpc) is 2.41. The molecule has 0 spiro atoms. The van der Waals surface area contributed by atoms with Crippen LogP contribution in [0.4, 0.5) is 13.2 Å². The first-order chi connectivity index (χ1) is 9.77. The van der Waals surface area contributed by atoms with E-state index in [0.29, 0.717) is 17.1 Å². The van der Waals surface area contributed by atoms with Gasteiger partial charge < -0.3 is 5.73 Å². The Balaban J connectivity index is 2.15. The smallest absolute Gasteiger partial charge is 0.322 e. The van der Waals surface area contributed by atoms with E-state index in [2.05, 4.69) is 20.9 Å². The van der Waals surface area contributed by atoms with E-state index in [1.165, 1.54) is 6.07 Å². The standard InChI is InChI=1S/C14H11BrClF3N2/c15-10-3-1-8(11(16)6-10)5-12(20)13-4-2-9(7-21-13)14(17,18)19/h1-4,6-7,12H,5,20H2. The third kappa shape index (κ3) is 4.18. The topological polar surface area (TPSA) is 38.9 Å². The number of rotatable bonds is 3. The molecule has 0 saturated carbocycles. The first-order valence-corrected chi connectivity index (χ1v) is 7.17. The molecule has 112 valence electrons. The summed E-state index contributed by atoms with van der Waals surface area (Å²) in [5.41, 5.74) is 6.39. The van der Waals surface area contributed by atoms with Crippen molar-refractivity contribution in [3.63, 3.8) is 0 Å². The number of hydrogen-bond acceptors (Lipinski definition) is 2. The zero-order chi connectivity index (χ0) is 15.6. The van der Waals surface area contributed by atoms with Gasteiger partial charge in [-0.3, -0.25) is 4.98 Å². The van der Waals surface area contributed by atoms with Crippen LogP contribution < -0.4 is 5.73 Å². The normalized spacial score (nSPS) is 13.2. The van der Waals surface area contributed by atoms with Gasteiger partial charge in [0, 0.05) is 15.7 Å². The number of aromatic nitrogens is 1. The minimum Gasteiger partial charge on any atom is -0.322 e. The van der Waals surface area contributed by atoms with Crippen molar-refractivity contribution in [1.82, 2.24) is 4.98 Å². The molecule has 1 aromatic carbocycles. The molecule has 1 unspecified atom stereocenters. The van der Waals surface area contributed by atoms with Crippen molar-refractivity contribution < 1.29 is 13.2 Å². The lowest BCUT2D eigenvalue weighted by molar-refractivity contribution is -0.137. The molecule has 21 heavy (non-hydrogen) atoms. The van der Waals surface area contributed by atoms with Crippen molar-refractivity contribution in [2.45, 2.75) is 18.6 Å². The highest BCUT2D eigenvalue weighted by atomic mass is 79.9. The molecule has 0 aliphatic heterocycles. The van der Waals surface area contributed by atoms with Crippen LogP contribution in [0.3, 0.4) is 0 Å². The van der Waals surface area contributed by atoms with Crippen molar-refractivity contribution in [3.8, 4) is 0 Å². The Bertz CT molecular complexity index is 629. The van der Waals surface area contributed by atoms with Gasteiger partial charge >= 0.3 is 6.18 Å². The molecule has 0 aliphatic carbocycles. The van der Waals surface area contributed by atoms with Gasteiger partial charge in [-0.25, -0.2) is 0 Å². The zero-order valence-corrected chi connectivity index (χ0v) is 13.0. The molecule has 2 rings (SSSR count). The molecular formula is C14H11BrClF3N2. The van der Waals surface area contributed by atoms with Crippen molar-refractivity contribution in [2.75, 3.05) is 0 Å². The maximum absolute atomic E-state index is 12.5. The highest BCUT2D eigenvalue weighted by molar-refractivity contribution is 9.10. The summed E-state index contributed by atoms with van der Waals surface area (Å²) in [4.78, 5) is 3.79. The van der Waals surface area contributed by atoms with Gasteiger partial charge in [-0.1, -0.05) is 33.6 Å². The predicted molar refractivity (Wildman–Crippen MR) is 79.0 cm³/mol. The summed E-state index contributed by atoms with van der Waals surface area (Å²) in [5, 5.41) is 0.548. The van der Waals surface area contributed by atoms with Crippen molar-refractivity contribution in [1.29, 1.82) is 0 Å². The molecule has 1 atom stereocenters. The maximum atomic E-state index is 12.5. The van der Waals surface area contributed by atoms with Crippen LogP contribution in [-0.2, 0) is 12.6 Å². The molecule has 2 nitrogen and oxygen atoms in total. The molecule has 7 heteroatoms. The molecule has 0 bridgehead atoms. The Morgan fingerprint density at radius 3 is 2.48 bits per heavy atom. The third-order valence-electron chi connectivity index (χ3n) is 2.95. The Morgan fingerprint density at radius 1 is 1.24 bits per heavy atom. The Hall–Kier alpha value is -1.11. The van der Waals surface area contributed by atoms with Gasteiger partial charge in [0.2, 0.25) is 0 Å². The first kappa shape index (κ1) is 16.3. The summed E-state index contributed by atoms with van der Waals surface area (Å²) >= 11 is 9.39. The van der Waals surface area contributed by atoms with Gasteiger partial charge in [0.05, 0.1) is 17.3 Å². The number of hydrogen-bond donors (Lipinski definition) is 1. The minimum atomic E-state index is -4.40. The zero-order valence-electron chi connectivity index (χ0n) is 10.7. The fourth-order valence-corrected chi connectivity index (χ4v) is 2.57. The average molecular weight is 380 g/mol. The number of halogens is 5. The van der Waals surface area contributed by atoms with E-state index in [1.54, 1.807) is 6.07 Å². The summed E-state index contributed by atoms with van der Waals surface area (Å²) in [6.07, 6.45) is -3.21. The van der Waals surface area contributed by atoms with Gasteiger partial charge in [-0.2, -0.15) is 13.2 Å². The van der Waals surface area contributed by atoms with Crippen molar-refractivity contribution in [3.05, 3.63) is 62.8 Å². The number of benzene rings is 1. The predicted octanol–water partition coefficient (Wildman–Crippen LogP) is 4.76. The second kappa shape index (κ2) is 6.34. The SMILES string of the molecule is NC(Cc1ccc(Br)cc1Cl)c1ccc(C(F)(F)F)cn1. The van der Waals surface area contributed by atoms with Gasteiger partial charge in [0.1, 0.15) is 0 Å². The molecule has 1 aromatic heterocycles. The summed E-state index contributed by atoms with van der Waals surface area (Å²) in [6.45, 7) is 0. The molecule has 2 N–H and O–H groups in total. The number of nitrogens with zero attached hydrogens (tertiary/aromatic N) is 1. The highest BCUT2D eigenvalue weighted by Gasteiger charge is 2.30. The summed E-state index contributed by atoms with van der Waals surface area (Å²) in [5.74, 6) is 0. The molecule has 1 heterocycles. The Morgan fingerprint density at radius 2 is 1.95 bits per heavy atom. The van der Waals surface area contributed by atoms with Crippen molar-refractivity contribution >= 4 is 27.5 Å². The molecule has 2 aromatic rings. The van der Waals surface area contributed by atoms with Crippen LogP contribution in [0.1, 0.15) is 22.9 Å². The lowest BCUT2D eigenvalue weighted by Crippen LogP contribution is -2.16. The van der Waals surface area contributed by atoms with E-state index in [-0.39, 0.29) is 0 Å². The maximum Gasteiger partial charge on any atom is 0.417 e. The molecule has 0 saturated heterocycles. The first-order valence-electron chi connectivity index (χ1n) is 6.00. The molecule has 0 aliphatic rings. The van der Waals surface area contributed by atoms with E-state index < -0.39 is 17.8 Å². The lowest BCUT2D eigenvalue weighted by Gasteiger charge is -2.13. The summed E-state index contributed by atoms with van der Waals surface area (Å²) < 4.78 is 38.2. The molecule has 0 radical (unpaired) electrons. The van der Waals surface area contributed by atoms with E-state index in [4.69, 9.17) is 17.3 Å². The molecule has 0 amide bonds. The minimum absolute atomic E-state index is 0.391. The Labute approximate surface area is 133 Å². The van der Waals surface area contributed by atoms with Gasteiger partial charge in [0.15, 0.2) is 0 Å². The molecular weight excluding hydrogens is 369 g/mol. The number of nitrogens with two attached hydrogens (primary N) is 1. The van der Waals surface area contributed by atoms with Gasteiger partial charge in [-0.15, -0.1) is 0 Å². The van der Waals surface area contributed by atoms with Crippen LogP contribution in [0.25, 0.3) is 0 Å². The Kier molecular flexibility index (Phi) is 4.91.